The summed E-state index contributed by atoms with van der Waals surface area (Å²) in [7, 11) is 0. The Morgan fingerprint density at radius 1 is 1.07 bits per heavy atom. The van der Waals surface area contributed by atoms with E-state index in [2.05, 4.69) is 15.7 Å². The Balaban J connectivity index is 1.61. The third-order valence-corrected chi connectivity index (χ3v) is 4.41. The first-order valence-corrected chi connectivity index (χ1v) is 9.47. The van der Waals surface area contributed by atoms with Crippen LogP contribution >= 0.6 is 0 Å². The van der Waals surface area contributed by atoms with Gasteiger partial charge in [-0.1, -0.05) is 32.0 Å². The summed E-state index contributed by atoms with van der Waals surface area (Å²) in [4.78, 5) is 12.7. The topological polar surface area (TPSA) is 59.0 Å². The molecule has 146 valence electrons. The van der Waals surface area contributed by atoms with Gasteiger partial charge in [0.1, 0.15) is 5.82 Å². The van der Waals surface area contributed by atoms with Crippen molar-refractivity contribution in [1.29, 1.82) is 0 Å². The van der Waals surface area contributed by atoms with Gasteiger partial charge in [-0.25, -0.2) is 9.07 Å². The van der Waals surface area contributed by atoms with Crippen LogP contribution in [0.4, 0.5) is 10.1 Å². The molecule has 1 aromatic heterocycles. The van der Waals surface area contributed by atoms with E-state index >= 15 is 0 Å². The summed E-state index contributed by atoms with van der Waals surface area (Å²) in [6.07, 6.45) is 2.39. The second kappa shape index (κ2) is 9.17. The number of benzene rings is 2. The summed E-state index contributed by atoms with van der Waals surface area (Å²) < 4.78 is 14.9. The minimum Gasteiger partial charge on any atom is -0.385 e. The molecule has 28 heavy (non-hydrogen) atoms. The second-order valence-electron chi connectivity index (χ2n) is 6.89. The molecule has 1 amide bonds. The van der Waals surface area contributed by atoms with Crippen molar-refractivity contribution < 1.29 is 9.18 Å². The summed E-state index contributed by atoms with van der Waals surface area (Å²) >= 11 is 0. The van der Waals surface area contributed by atoms with Gasteiger partial charge >= 0.3 is 0 Å². The van der Waals surface area contributed by atoms with Crippen molar-refractivity contribution in [3.63, 3.8) is 0 Å². The Hall–Kier alpha value is -3.15. The minimum atomic E-state index is -0.302. The van der Waals surface area contributed by atoms with Gasteiger partial charge in [-0.05, 0) is 48.7 Å². The number of aromatic nitrogens is 2. The summed E-state index contributed by atoms with van der Waals surface area (Å²) in [5.74, 6) is -0.353. The number of nitrogens with one attached hydrogen (secondary N) is 2. The van der Waals surface area contributed by atoms with Gasteiger partial charge in [-0.2, -0.15) is 5.10 Å². The molecule has 0 aliphatic carbocycles. The Morgan fingerprint density at radius 3 is 2.46 bits per heavy atom. The second-order valence-corrected chi connectivity index (χ2v) is 6.89. The molecule has 0 aliphatic rings. The van der Waals surface area contributed by atoms with Gasteiger partial charge < -0.3 is 10.6 Å². The van der Waals surface area contributed by atoms with Gasteiger partial charge in [0.25, 0.3) is 5.91 Å². The molecule has 5 nitrogen and oxygen atoms in total. The number of anilines is 1. The Labute approximate surface area is 164 Å². The Morgan fingerprint density at radius 2 is 1.79 bits per heavy atom. The summed E-state index contributed by atoms with van der Waals surface area (Å²) in [6, 6.07) is 16.1. The first kappa shape index (κ1) is 19.6. The molecule has 2 N–H and O–H groups in total. The molecule has 0 radical (unpaired) electrons. The maximum atomic E-state index is 13.2. The molecule has 0 bridgehead atoms. The predicted octanol–water partition coefficient (Wildman–Crippen LogP) is 4.37. The van der Waals surface area contributed by atoms with Crippen LogP contribution in [0.2, 0.25) is 0 Å². The largest absolute Gasteiger partial charge is 0.385 e. The van der Waals surface area contributed by atoms with Gasteiger partial charge in [0.15, 0.2) is 0 Å². The lowest BCUT2D eigenvalue weighted by molar-refractivity contribution is 0.0952. The molecule has 0 aliphatic heterocycles. The van der Waals surface area contributed by atoms with Crippen molar-refractivity contribution >= 4 is 11.6 Å². The van der Waals surface area contributed by atoms with Crippen molar-refractivity contribution in [3.8, 4) is 5.69 Å². The van der Waals surface area contributed by atoms with Crippen LogP contribution in [0.3, 0.4) is 0 Å². The van der Waals surface area contributed by atoms with Gasteiger partial charge in [0, 0.05) is 18.8 Å². The molecule has 2 aromatic carbocycles. The average molecular weight is 380 g/mol. The fraction of sp³-hybridized carbons (Fsp3) is 0.273. The predicted molar refractivity (Wildman–Crippen MR) is 109 cm³/mol. The van der Waals surface area contributed by atoms with Crippen LogP contribution in [0, 0.1) is 5.82 Å². The SMILES string of the molecule is CC(C)c1c(C(=O)NCCCNc2ccccc2)cnn1-c1ccc(F)cc1. The number of halogens is 1. The maximum Gasteiger partial charge on any atom is 0.254 e. The van der Waals surface area contributed by atoms with E-state index in [-0.39, 0.29) is 17.6 Å². The number of hydrogen-bond acceptors (Lipinski definition) is 3. The van der Waals surface area contributed by atoms with Crippen molar-refractivity contribution in [2.45, 2.75) is 26.2 Å². The average Bonchev–Trinajstić information content (AvgIpc) is 3.14. The van der Waals surface area contributed by atoms with E-state index in [1.807, 2.05) is 44.2 Å². The third kappa shape index (κ3) is 4.76. The molecule has 0 spiro atoms. The first-order chi connectivity index (χ1) is 13.6. The number of carbonyl (C=O) groups is 1. The molecule has 0 unspecified atom stereocenters. The molecule has 0 saturated heterocycles. The van der Waals surface area contributed by atoms with Crippen LogP contribution in [-0.4, -0.2) is 28.8 Å². The summed E-state index contributed by atoms with van der Waals surface area (Å²) in [5, 5.41) is 10.6. The van der Waals surface area contributed by atoms with E-state index in [0.717, 1.165) is 30.0 Å². The zero-order chi connectivity index (χ0) is 19.9. The molecule has 1 heterocycles. The fourth-order valence-corrected chi connectivity index (χ4v) is 3.05. The maximum absolute atomic E-state index is 13.2. The van der Waals surface area contributed by atoms with Crippen LogP contribution in [0.25, 0.3) is 5.69 Å². The zero-order valence-electron chi connectivity index (χ0n) is 16.2. The van der Waals surface area contributed by atoms with Crippen LogP contribution in [0.5, 0.6) is 0 Å². The summed E-state index contributed by atoms with van der Waals surface area (Å²) in [5.41, 5.74) is 3.16. The highest BCUT2D eigenvalue weighted by Gasteiger charge is 2.20. The molecule has 6 heteroatoms. The lowest BCUT2D eigenvalue weighted by Gasteiger charge is -2.13. The fourth-order valence-electron chi connectivity index (χ4n) is 3.05. The molecule has 3 rings (SSSR count). The van der Waals surface area contributed by atoms with Crippen LogP contribution in [0.1, 0.15) is 42.2 Å². The lowest BCUT2D eigenvalue weighted by Crippen LogP contribution is -2.26. The highest BCUT2D eigenvalue weighted by atomic mass is 19.1. The Kier molecular flexibility index (Phi) is 6.42. The number of para-hydroxylation sites is 1. The van der Waals surface area contributed by atoms with Crippen molar-refractivity contribution in [2.24, 2.45) is 0 Å². The molecule has 0 saturated carbocycles. The molecular weight excluding hydrogens is 355 g/mol. The van der Waals surface area contributed by atoms with Crippen molar-refractivity contribution in [2.75, 3.05) is 18.4 Å². The number of carbonyl (C=O) groups excluding carboxylic acids is 1. The van der Waals surface area contributed by atoms with Crippen LogP contribution in [-0.2, 0) is 0 Å². The van der Waals surface area contributed by atoms with Gasteiger partial charge in [-0.15, -0.1) is 0 Å². The van der Waals surface area contributed by atoms with E-state index < -0.39 is 0 Å². The molecule has 0 atom stereocenters. The van der Waals surface area contributed by atoms with Crippen LogP contribution < -0.4 is 10.6 Å². The van der Waals surface area contributed by atoms with Gasteiger partial charge in [0.05, 0.1) is 23.1 Å². The molecule has 3 aromatic rings. The van der Waals surface area contributed by atoms with Crippen molar-refractivity contribution in [1.82, 2.24) is 15.1 Å². The van der Waals surface area contributed by atoms with E-state index in [1.165, 1.54) is 12.1 Å². The first-order valence-electron chi connectivity index (χ1n) is 9.47. The lowest BCUT2D eigenvalue weighted by atomic mass is 10.0. The number of hydrogen-bond donors (Lipinski definition) is 2. The van der Waals surface area contributed by atoms with E-state index in [4.69, 9.17) is 0 Å². The molecular formula is C22H25FN4O. The van der Waals surface area contributed by atoms with E-state index in [0.29, 0.717) is 12.1 Å². The molecule has 0 fully saturated rings. The number of nitrogens with zero attached hydrogens (tertiary/aromatic N) is 2. The van der Waals surface area contributed by atoms with Gasteiger partial charge in [-0.3, -0.25) is 4.79 Å². The number of rotatable bonds is 8. The highest BCUT2D eigenvalue weighted by molar-refractivity contribution is 5.95. The normalized spacial score (nSPS) is 10.9. The highest BCUT2D eigenvalue weighted by Crippen LogP contribution is 2.23. The van der Waals surface area contributed by atoms with E-state index in [1.54, 1.807) is 23.0 Å². The smallest absolute Gasteiger partial charge is 0.254 e. The Bertz CT molecular complexity index is 904. The number of amides is 1. The van der Waals surface area contributed by atoms with Crippen molar-refractivity contribution in [3.05, 3.63) is 77.9 Å². The minimum absolute atomic E-state index is 0.0908. The van der Waals surface area contributed by atoms with E-state index in [9.17, 15) is 9.18 Å². The monoisotopic (exact) mass is 380 g/mol. The third-order valence-electron chi connectivity index (χ3n) is 4.41. The van der Waals surface area contributed by atoms with Gasteiger partial charge in [0.2, 0.25) is 0 Å². The standard InChI is InChI=1S/C22H25FN4O/c1-16(2)21-20(15-26-27(21)19-11-9-17(23)10-12-19)22(28)25-14-6-13-24-18-7-4-3-5-8-18/h3-5,7-12,15-16,24H,6,13-14H2,1-2H3,(H,25,28). The zero-order valence-corrected chi connectivity index (χ0v) is 16.2. The quantitative estimate of drug-likeness (QED) is 0.571. The summed E-state index contributed by atoms with van der Waals surface area (Å²) in [6.45, 7) is 5.36. The van der Waals surface area contributed by atoms with Crippen LogP contribution in [0.15, 0.2) is 60.8 Å².